The van der Waals surface area contributed by atoms with E-state index in [9.17, 15) is 27.9 Å². The third-order valence-electron chi connectivity index (χ3n) is 6.52. The summed E-state index contributed by atoms with van der Waals surface area (Å²) in [7, 11) is 0. The highest BCUT2D eigenvalue weighted by atomic mass is 32.1. The molecule has 0 saturated carbocycles. The molecule has 2 aromatic heterocycles. The van der Waals surface area contributed by atoms with Crippen LogP contribution in [0.3, 0.4) is 0 Å². The van der Waals surface area contributed by atoms with Gasteiger partial charge in [0.05, 0.1) is 16.0 Å². The number of nitrogens with zero attached hydrogens (tertiary/aromatic N) is 3. The van der Waals surface area contributed by atoms with E-state index >= 15 is 0 Å². The van der Waals surface area contributed by atoms with Crippen molar-refractivity contribution in [3.63, 3.8) is 0 Å². The molecule has 5 rings (SSSR count). The number of carbonyl (C=O) groups excluding carboxylic acids is 2. The van der Waals surface area contributed by atoms with Crippen molar-refractivity contribution < 1.29 is 27.9 Å². The fourth-order valence-corrected chi connectivity index (χ4v) is 6.09. The summed E-state index contributed by atoms with van der Waals surface area (Å²) < 4.78 is 39.3. The maximum Gasteiger partial charge on any atom is 0.416 e. The number of amides is 2. The number of piperidine rings is 1. The van der Waals surface area contributed by atoms with Gasteiger partial charge in [0, 0.05) is 48.4 Å². The number of carbonyl (C=O) groups is 2. The van der Waals surface area contributed by atoms with Crippen LogP contribution in [0.4, 0.5) is 13.2 Å². The Labute approximate surface area is 195 Å². The van der Waals surface area contributed by atoms with Crippen LogP contribution in [0.1, 0.15) is 37.9 Å². The van der Waals surface area contributed by atoms with E-state index < -0.39 is 17.3 Å². The van der Waals surface area contributed by atoms with E-state index in [1.54, 1.807) is 27.4 Å². The molecular formula is C22H20F3N3O3S2. The summed E-state index contributed by atoms with van der Waals surface area (Å²) in [5.74, 6) is -0.457. The minimum atomic E-state index is -4.43. The normalized spacial score (nSPS) is 19.0. The molecule has 0 bridgehead atoms. The van der Waals surface area contributed by atoms with E-state index in [2.05, 4.69) is 4.98 Å². The minimum Gasteiger partial charge on any atom is -0.389 e. The summed E-state index contributed by atoms with van der Waals surface area (Å²) in [6.45, 7) is 1.63. The molecule has 11 heteroatoms. The van der Waals surface area contributed by atoms with Gasteiger partial charge in [-0.15, -0.1) is 22.7 Å². The van der Waals surface area contributed by atoms with E-state index in [4.69, 9.17) is 0 Å². The summed E-state index contributed by atoms with van der Waals surface area (Å²) in [6.07, 6.45) is -1.98. The number of hydrogen-bond donors (Lipinski definition) is 1. The second kappa shape index (κ2) is 8.07. The van der Waals surface area contributed by atoms with Gasteiger partial charge in [0.15, 0.2) is 5.01 Å². The Balaban J connectivity index is 1.20. The first kappa shape index (κ1) is 22.3. The number of fused-ring (bicyclic) bond motifs is 1. The maximum atomic E-state index is 13.0. The molecule has 1 aromatic carbocycles. The molecule has 2 aliphatic rings. The minimum absolute atomic E-state index is 0.0928. The quantitative estimate of drug-likeness (QED) is 0.594. The molecule has 174 valence electrons. The number of aliphatic hydroxyl groups is 1. The highest BCUT2D eigenvalue weighted by Gasteiger charge is 2.47. The summed E-state index contributed by atoms with van der Waals surface area (Å²) in [5, 5.41) is 13.9. The molecule has 4 heterocycles. The maximum absolute atomic E-state index is 13.0. The van der Waals surface area contributed by atoms with Gasteiger partial charge in [0.2, 0.25) is 0 Å². The highest BCUT2D eigenvalue weighted by molar-refractivity contribution is 7.20. The lowest BCUT2D eigenvalue weighted by atomic mass is 9.75. The predicted molar refractivity (Wildman–Crippen MR) is 118 cm³/mol. The number of thiazole rings is 1. The summed E-state index contributed by atoms with van der Waals surface area (Å²) in [4.78, 5) is 33.1. The molecule has 0 unspecified atom stereocenters. The van der Waals surface area contributed by atoms with Crippen molar-refractivity contribution in [3.05, 3.63) is 51.3 Å². The van der Waals surface area contributed by atoms with Crippen LogP contribution >= 0.6 is 22.7 Å². The molecule has 0 atom stereocenters. The van der Waals surface area contributed by atoms with Crippen molar-refractivity contribution in [1.29, 1.82) is 0 Å². The van der Waals surface area contributed by atoms with Gasteiger partial charge in [-0.2, -0.15) is 13.2 Å². The number of likely N-dealkylation sites (tertiary alicyclic amines) is 2. The van der Waals surface area contributed by atoms with Gasteiger partial charge in [0.25, 0.3) is 11.8 Å². The molecule has 2 fully saturated rings. The summed E-state index contributed by atoms with van der Waals surface area (Å²) in [5.41, 5.74) is -1.68. The average Bonchev–Trinajstić information content (AvgIpc) is 3.41. The molecule has 0 radical (unpaired) electrons. The Kier molecular flexibility index (Phi) is 5.45. The first-order valence-electron chi connectivity index (χ1n) is 10.5. The lowest BCUT2D eigenvalue weighted by Gasteiger charge is -2.50. The first-order chi connectivity index (χ1) is 15.6. The van der Waals surface area contributed by atoms with Gasteiger partial charge in [-0.1, -0.05) is 6.07 Å². The molecule has 0 aliphatic carbocycles. The van der Waals surface area contributed by atoms with Crippen LogP contribution in [0.5, 0.6) is 0 Å². The van der Waals surface area contributed by atoms with Crippen LogP contribution in [0.2, 0.25) is 0 Å². The SMILES string of the molecule is O=C(c1cc2ccc(C(F)(F)F)cc2s1)N1CC(C2(O)CCN(C(=O)c3nccs3)CC2)C1. The number of hydrogen-bond acceptors (Lipinski definition) is 6. The Morgan fingerprint density at radius 1 is 1.09 bits per heavy atom. The zero-order valence-corrected chi connectivity index (χ0v) is 19.0. The molecule has 2 aliphatic heterocycles. The molecule has 3 aromatic rings. The Hall–Kier alpha value is -2.50. The summed E-state index contributed by atoms with van der Waals surface area (Å²) >= 11 is 2.34. The second-order valence-corrected chi connectivity index (χ2v) is 10.5. The van der Waals surface area contributed by atoms with Crippen LogP contribution in [-0.2, 0) is 6.18 Å². The van der Waals surface area contributed by atoms with Crippen molar-refractivity contribution in [2.24, 2.45) is 5.92 Å². The Morgan fingerprint density at radius 2 is 1.82 bits per heavy atom. The zero-order valence-electron chi connectivity index (χ0n) is 17.3. The monoisotopic (exact) mass is 495 g/mol. The topological polar surface area (TPSA) is 73.7 Å². The van der Waals surface area contributed by atoms with Crippen LogP contribution in [-0.4, -0.2) is 63.5 Å². The van der Waals surface area contributed by atoms with Crippen LogP contribution in [0.25, 0.3) is 10.1 Å². The molecule has 2 saturated heterocycles. The van der Waals surface area contributed by atoms with Gasteiger partial charge < -0.3 is 14.9 Å². The standard InChI is InChI=1S/C22H20F3N3O3S2/c23-22(24,25)14-2-1-13-9-17(33-16(13)10-14)19(29)28-11-15(12-28)21(31)3-6-27(7-4-21)20(30)18-26-5-8-32-18/h1-2,5,8-10,15,31H,3-4,6-7,11-12H2. The van der Waals surface area contributed by atoms with Crippen molar-refractivity contribution in [2.45, 2.75) is 24.6 Å². The van der Waals surface area contributed by atoms with E-state index in [1.807, 2.05) is 0 Å². The van der Waals surface area contributed by atoms with Crippen molar-refractivity contribution >= 4 is 44.6 Å². The molecule has 1 N–H and O–H groups in total. The Morgan fingerprint density at radius 3 is 2.45 bits per heavy atom. The molecule has 6 nitrogen and oxygen atoms in total. The van der Waals surface area contributed by atoms with Gasteiger partial charge in [-0.25, -0.2) is 4.98 Å². The third kappa shape index (κ3) is 4.13. The zero-order chi connectivity index (χ0) is 23.4. The number of benzene rings is 1. The van der Waals surface area contributed by atoms with Crippen molar-refractivity contribution in [3.8, 4) is 0 Å². The van der Waals surface area contributed by atoms with Gasteiger partial charge >= 0.3 is 6.18 Å². The van der Waals surface area contributed by atoms with Crippen molar-refractivity contribution in [2.75, 3.05) is 26.2 Å². The number of alkyl halides is 3. The largest absolute Gasteiger partial charge is 0.416 e. The predicted octanol–water partition coefficient (Wildman–Crippen LogP) is 4.12. The number of rotatable bonds is 3. The molecule has 33 heavy (non-hydrogen) atoms. The molecule has 2 amide bonds. The molecule has 0 spiro atoms. The first-order valence-corrected chi connectivity index (χ1v) is 12.1. The molecular weight excluding hydrogens is 475 g/mol. The van der Waals surface area contributed by atoms with Crippen molar-refractivity contribution in [1.82, 2.24) is 14.8 Å². The number of aromatic nitrogens is 1. The van der Waals surface area contributed by atoms with Gasteiger partial charge in [-0.3, -0.25) is 9.59 Å². The number of thiophene rings is 1. The van der Waals surface area contributed by atoms with Crippen LogP contribution in [0, 0.1) is 5.92 Å². The van der Waals surface area contributed by atoms with Crippen LogP contribution in [0.15, 0.2) is 35.8 Å². The second-order valence-electron chi connectivity index (χ2n) is 8.50. The Bertz CT molecular complexity index is 1190. The fourth-order valence-electron chi connectivity index (χ4n) is 4.42. The smallest absolute Gasteiger partial charge is 0.389 e. The van der Waals surface area contributed by atoms with E-state index in [1.165, 1.54) is 17.4 Å². The van der Waals surface area contributed by atoms with E-state index in [0.29, 0.717) is 59.0 Å². The lowest BCUT2D eigenvalue weighted by molar-refractivity contribution is -0.137. The van der Waals surface area contributed by atoms with Gasteiger partial charge in [0.1, 0.15) is 0 Å². The van der Waals surface area contributed by atoms with E-state index in [0.717, 1.165) is 23.5 Å². The highest BCUT2D eigenvalue weighted by Crippen LogP contribution is 2.39. The summed E-state index contributed by atoms with van der Waals surface area (Å²) in [6, 6.07) is 5.09. The fraction of sp³-hybridized carbons (Fsp3) is 0.409. The average molecular weight is 496 g/mol. The van der Waals surface area contributed by atoms with Gasteiger partial charge in [-0.05, 0) is 36.4 Å². The third-order valence-corrected chi connectivity index (χ3v) is 8.37. The van der Waals surface area contributed by atoms with E-state index in [-0.39, 0.29) is 17.7 Å². The lowest BCUT2D eigenvalue weighted by Crippen LogP contribution is -2.62. The number of halogens is 3. The van der Waals surface area contributed by atoms with Crippen LogP contribution < -0.4 is 0 Å².